The molecule has 1 aliphatic heterocycles. The Morgan fingerprint density at radius 1 is 1.39 bits per heavy atom. The van der Waals surface area contributed by atoms with Gasteiger partial charge in [-0.15, -0.1) is 10.2 Å². The molecule has 3 heterocycles. The Morgan fingerprint density at radius 2 is 2.21 bits per heavy atom. The average Bonchev–Trinajstić information content (AvgIpc) is 3.29. The number of hydrogen-bond acceptors (Lipinski definition) is 9. The number of hydrogen-bond donors (Lipinski definition) is 3. The van der Waals surface area contributed by atoms with Crippen molar-refractivity contribution >= 4 is 40.2 Å². The fourth-order valence-corrected chi connectivity index (χ4v) is 4.42. The van der Waals surface area contributed by atoms with Gasteiger partial charge in [-0.2, -0.15) is 0 Å². The van der Waals surface area contributed by atoms with E-state index in [0.717, 1.165) is 16.0 Å². The number of urea groups is 1. The summed E-state index contributed by atoms with van der Waals surface area (Å²) in [5, 5.41) is 17.4. The minimum Gasteiger partial charge on any atom is -0.464 e. The quantitative estimate of drug-likeness (QED) is 0.438. The summed E-state index contributed by atoms with van der Waals surface area (Å²) in [5.74, 6) is 0.989. The first-order valence-corrected chi connectivity index (χ1v) is 10.6. The van der Waals surface area contributed by atoms with Gasteiger partial charge in [0.25, 0.3) is 0 Å². The van der Waals surface area contributed by atoms with Crippen LogP contribution in [0.3, 0.4) is 0 Å². The van der Waals surface area contributed by atoms with Gasteiger partial charge in [0.1, 0.15) is 17.6 Å². The fourth-order valence-electron chi connectivity index (χ4n) is 2.63. The lowest BCUT2D eigenvalue weighted by atomic mass is 10.0. The van der Waals surface area contributed by atoms with E-state index in [-0.39, 0.29) is 6.61 Å². The second-order valence-corrected chi connectivity index (χ2v) is 7.98. The summed E-state index contributed by atoms with van der Waals surface area (Å²) in [6.07, 6.45) is 0. The summed E-state index contributed by atoms with van der Waals surface area (Å²) < 4.78 is 11.6. The molecular weight excluding hydrogens is 402 g/mol. The molecule has 1 aliphatic rings. The number of ether oxygens (including phenoxy) is 1. The van der Waals surface area contributed by atoms with E-state index in [1.807, 2.05) is 6.92 Å². The van der Waals surface area contributed by atoms with Gasteiger partial charge in [0.15, 0.2) is 4.34 Å². The molecule has 11 heteroatoms. The maximum absolute atomic E-state index is 12.6. The van der Waals surface area contributed by atoms with Crippen LogP contribution in [0.15, 0.2) is 32.2 Å². The zero-order valence-electron chi connectivity index (χ0n) is 15.7. The van der Waals surface area contributed by atoms with Crippen LogP contribution in [0.5, 0.6) is 0 Å². The number of nitrogens with zero attached hydrogens (tertiary/aromatic N) is 2. The zero-order valence-corrected chi connectivity index (χ0v) is 17.3. The van der Waals surface area contributed by atoms with Crippen molar-refractivity contribution in [2.45, 2.75) is 31.2 Å². The van der Waals surface area contributed by atoms with Gasteiger partial charge >= 0.3 is 12.0 Å². The van der Waals surface area contributed by atoms with Gasteiger partial charge in [-0.3, -0.25) is 0 Å². The second-order valence-electron chi connectivity index (χ2n) is 5.78. The first kappa shape index (κ1) is 20.2. The molecule has 150 valence electrons. The molecule has 0 unspecified atom stereocenters. The Bertz CT molecular complexity index is 892. The normalized spacial score (nSPS) is 16.5. The Kier molecular flexibility index (Phi) is 6.57. The largest absolute Gasteiger partial charge is 0.464 e. The van der Waals surface area contributed by atoms with Gasteiger partial charge in [-0.05, 0) is 32.9 Å². The highest BCUT2D eigenvalue weighted by Gasteiger charge is 2.35. The number of aryl methyl sites for hydroxylation is 1. The van der Waals surface area contributed by atoms with Gasteiger partial charge in [0.05, 0.1) is 12.2 Å². The molecule has 0 fully saturated rings. The van der Waals surface area contributed by atoms with Crippen LogP contribution in [0.25, 0.3) is 0 Å². The van der Waals surface area contributed by atoms with E-state index < -0.39 is 18.0 Å². The highest BCUT2D eigenvalue weighted by atomic mass is 32.2. The molecular formula is C17H21N5O4S2. The number of rotatable bonds is 8. The van der Waals surface area contributed by atoms with Crippen LogP contribution in [0.2, 0.25) is 0 Å². The number of aromatic nitrogens is 2. The van der Waals surface area contributed by atoms with Crippen LogP contribution in [0.1, 0.15) is 31.4 Å². The highest BCUT2D eigenvalue weighted by molar-refractivity contribution is 8.01. The first-order chi connectivity index (χ1) is 13.5. The zero-order chi connectivity index (χ0) is 20.1. The van der Waals surface area contributed by atoms with Gasteiger partial charge in [-0.25, -0.2) is 9.59 Å². The van der Waals surface area contributed by atoms with Crippen LogP contribution < -0.4 is 16.0 Å². The summed E-state index contributed by atoms with van der Waals surface area (Å²) in [5.41, 5.74) is 0.783. The predicted molar refractivity (Wildman–Crippen MR) is 106 cm³/mol. The Labute approximate surface area is 170 Å². The molecule has 3 rings (SSSR count). The molecule has 0 bridgehead atoms. The Hall–Kier alpha value is -2.53. The van der Waals surface area contributed by atoms with Gasteiger partial charge in [0.2, 0.25) is 5.13 Å². The topological polar surface area (TPSA) is 118 Å². The SMILES string of the molecule is CCNc1nnc(SCC2=C(C(=O)OCC)[C@@H](c3ccc(C)o3)NC(=O)N2)s1. The molecule has 1 atom stereocenters. The molecule has 0 saturated heterocycles. The number of carbonyl (C=O) groups is 2. The van der Waals surface area contributed by atoms with Crippen molar-refractivity contribution in [1.82, 2.24) is 20.8 Å². The first-order valence-electron chi connectivity index (χ1n) is 8.76. The molecule has 0 aliphatic carbocycles. The van der Waals surface area contributed by atoms with E-state index in [2.05, 4.69) is 26.1 Å². The molecule has 2 aromatic heterocycles. The number of nitrogens with one attached hydrogen (secondary N) is 3. The molecule has 9 nitrogen and oxygen atoms in total. The Balaban J connectivity index is 1.88. The summed E-state index contributed by atoms with van der Waals surface area (Å²) >= 11 is 2.79. The van der Waals surface area contributed by atoms with E-state index in [9.17, 15) is 9.59 Å². The van der Waals surface area contributed by atoms with Gasteiger partial charge < -0.3 is 25.1 Å². The van der Waals surface area contributed by atoms with Crippen LogP contribution in [-0.4, -0.2) is 41.1 Å². The smallest absolute Gasteiger partial charge is 0.338 e. The number of furan rings is 1. The molecule has 0 aromatic carbocycles. The number of carbonyl (C=O) groups excluding carboxylic acids is 2. The summed E-state index contributed by atoms with van der Waals surface area (Å²) in [7, 11) is 0. The minimum absolute atomic E-state index is 0.225. The highest BCUT2D eigenvalue weighted by Crippen LogP contribution is 2.32. The third-order valence-electron chi connectivity index (χ3n) is 3.77. The van der Waals surface area contributed by atoms with Crippen molar-refractivity contribution in [2.24, 2.45) is 0 Å². The van der Waals surface area contributed by atoms with Crippen LogP contribution in [-0.2, 0) is 9.53 Å². The van der Waals surface area contributed by atoms with Crippen molar-refractivity contribution in [2.75, 3.05) is 24.2 Å². The maximum atomic E-state index is 12.6. The average molecular weight is 424 g/mol. The lowest BCUT2D eigenvalue weighted by Gasteiger charge is -2.27. The van der Waals surface area contributed by atoms with E-state index in [1.54, 1.807) is 26.0 Å². The molecule has 0 radical (unpaired) electrons. The van der Waals surface area contributed by atoms with E-state index in [0.29, 0.717) is 28.5 Å². The van der Waals surface area contributed by atoms with Crippen LogP contribution >= 0.6 is 23.1 Å². The van der Waals surface area contributed by atoms with Crippen molar-refractivity contribution in [1.29, 1.82) is 0 Å². The lowest BCUT2D eigenvalue weighted by Crippen LogP contribution is -2.46. The summed E-state index contributed by atoms with van der Waals surface area (Å²) in [6.45, 7) is 6.49. The molecule has 0 saturated carbocycles. The number of anilines is 1. The molecule has 2 amide bonds. The standard InChI is InChI=1S/C17H21N5O4S2/c1-4-18-16-21-22-17(28-16)27-8-10-12(14(23)25-5-2)13(20-15(24)19-10)11-7-6-9(3)26-11/h6-7,13H,4-5,8H2,1-3H3,(H,18,21)(H2,19,20,24)/t13-/m1/s1. The van der Waals surface area contributed by atoms with Crippen molar-refractivity contribution in [3.05, 3.63) is 34.9 Å². The fraction of sp³-hybridized carbons (Fsp3) is 0.412. The number of esters is 1. The van der Waals surface area contributed by atoms with Crippen LogP contribution in [0.4, 0.5) is 9.93 Å². The summed E-state index contributed by atoms with van der Waals surface area (Å²) in [4.78, 5) is 24.8. The molecule has 28 heavy (non-hydrogen) atoms. The number of thioether (sulfide) groups is 1. The van der Waals surface area contributed by atoms with Crippen molar-refractivity contribution < 1.29 is 18.7 Å². The summed E-state index contributed by atoms with van der Waals surface area (Å²) in [6, 6.07) is 2.39. The Morgan fingerprint density at radius 3 is 2.89 bits per heavy atom. The van der Waals surface area contributed by atoms with Gasteiger partial charge in [-0.1, -0.05) is 23.1 Å². The van der Waals surface area contributed by atoms with Crippen molar-refractivity contribution in [3.8, 4) is 0 Å². The molecule has 0 spiro atoms. The van der Waals surface area contributed by atoms with E-state index in [1.165, 1.54) is 23.1 Å². The monoisotopic (exact) mass is 423 g/mol. The molecule has 2 aromatic rings. The minimum atomic E-state index is -0.719. The van der Waals surface area contributed by atoms with Gasteiger partial charge in [0, 0.05) is 18.0 Å². The lowest BCUT2D eigenvalue weighted by molar-refractivity contribution is -0.139. The maximum Gasteiger partial charge on any atom is 0.338 e. The third kappa shape index (κ3) is 4.65. The number of amides is 2. The van der Waals surface area contributed by atoms with E-state index >= 15 is 0 Å². The third-order valence-corrected chi connectivity index (χ3v) is 5.81. The molecule has 3 N–H and O–H groups in total. The van der Waals surface area contributed by atoms with Crippen LogP contribution in [0, 0.1) is 6.92 Å². The second kappa shape index (κ2) is 9.11. The van der Waals surface area contributed by atoms with E-state index in [4.69, 9.17) is 9.15 Å². The predicted octanol–water partition coefficient (Wildman–Crippen LogP) is 2.83. The van der Waals surface area contributed by atoms with Crippen molar-refractivity contribution in [3.63, 3.8) is 0 Å².